The van der Waals surface area contributed by atoms with Gasteiger partial charge >= 0.3 is 0 Å². The molecule has 5 heteroatoms. The van der Waals surface area contributed by atoms with Crippen LogP contribution in [-0.2, 0) is 4.79 Å². The first kappa shape index (κ1) is 16.9. The van der Waals surface area contributed by atoms with E-state index in [1.54, 1.807) is 16.9 Å². The summed E-state index contributed by atoms with van der Waals surface area (Å²) < 4.78 is 1.74. The predicted octanol–water partition coefficient (Wildman–Crippen LogP) is 3.68. The maximum atomic E-state index is 12.2. The van der Waals surface area contributed by atoms with Gasteiger partial charge in [-0.15, -0.1) is 0 Å². The van der Waals surface area contributed by atoms with E-state index in [0.717, 1.165) is 11.1 Å². The Morgan fingerprint density at radius 2 is 1.87 bits per heavy atom. The van der Waals surface area contributed by atoms with E-state index in [1.165, 1.54) is 0 Å². The van der Waals surface area contributed by atoms with Crippen LogP contribution in [0.25, 0.3) is 0 Å². The molecule has 0 radical (unpaired) electrons. The van der Waals surface area contributed by atoms with Gasteiger partial charge in [-0.25, -0.2) is 4.68 Å². The standard InChI is InChI=1S/C18H23N3O2/c1-12(2)21-17(9-10-19-21)20-18(23)8-7-16(22)15-6-5-13(3)14(4)11-15/h5-6,9-12H,7-8H2,1-4H3,(H,20,23). The van der Waals surface area contributed by atoms with Crippen molar-refractivity contribution in [2.24, 2.45) is 0 Å². The maximum Gasteiger partial charge on any atom is 0.225 e. The van der Waals surface area contributed by atoms with Gasteiger partial charge in [-0.3, -0.25) is 9.59 Å². The number of anilines is 1. The van der Waals surface area contributed by atoms with E-state index in [-0.39, 0.29) is 30.6 Å². The Kier molecular flexibility index (Phi) is 5.32. The van der Waals surface area contributed by atoms with E-state index >= 15 is 0 Å². The smallest absolute Gasteiger partial charge is 0.225 e. The molecule has 2 aromatic rings. The summed E-state index contributed by atoms with van der Waals surface area (Å²) in [5, 5.41) is 6.97. The summed E-state index contributed by atoms with van der Waals surface area (Å²) in [6.45, 7) is 7.97. The SMILES string of the molecule is Cc1ccc(C(=O)CCC(=O)Nc2ccnn2C(C)C)cc1C. The molecule has 5 nitrogen and oxygen atoms in total. The number of carbonyl (C=O) groups is 2. The lowest BCUT2D eigenvalue weighted by molar-refractivity contribution is -0.116. The van der Waals surface area contributed by atoms with Crippen molar-refractivity contribution in [2.75, 3.05) is 5.32 Å². The molecule has 1 amide bonds. The second-order valence-electron chi connectivity index (χ2n) is 6.03. The molecular formula is C18H23N3O2. The molecule has 0 fully saturated rings. The number of nitrogens with zero attached hydrogens (tertiary/aromatic N) is 2. The lowest BCUT2D eigenvalue weighted by Crippen LogP contribution is -2.17. The lowest BCUT2D eigenvalue weighted by Gasteiger charge is -2.11. The van der Waals surface area contributed by atoms with E-state index in [9.17, 15) is 9.59 Å². The quantitative estimate of drug-likeness (QED) is 0.827. The summed E-state index contributed by atoms with van der Waals surface area (Å²) in [6, 6.07) is 7.55. The minimum Gasteiger partial charge on any atom is -0.311 e. The fraction of sp³-hybridized carbons (Fsp3) is 0.389. The lowest BCUT2D eigenvalue weighted by atomic mass is 10.0. The van der Waals surface area contributed by atoms with Crippen LogP contribution in [0.3, 0.4) is 0 Å². The molecule has 0 spiro atoms. The topological polar surface area (TPSA) is 64.0 Å². The van der Waals surface area contributed by atoms with Crippen molar-refractivity contribution in [3.8, 4) is 0 Å². The zero-order valence-electron chi connectivity index (χ0n) is 14.1. The van der Waals surface area contributed by atoms with Gasteiger partial charge < -0.3 is 5.32 Å². The summed E-state index contributed by atoms with van der Waals surface area (Å²) >= 11 is 0. The van der Waals surface area contributed by atoms with Crippen LogP contribution >= 0.6 is 0 Å². The second-order valence-corrected chi connectivity index (χ2v) is 6.03. The van der Waals surface area contributed by atoms with Gasteiger partial charge in [0.2, 0.25) is 5.91 Å². The molecule has 1 aromatic carbocycles. The van der Waals surface area contributed by atoms with Gasteiger partial charge in [0.05, 0.1) is 6.20 Å². The summed E-state index contributed by atoms with van der Waals surface area (Å²) in [5.41, 5.74) is 2.90. The number of aromatic nitrogens is 2. The van der Waals surface area contributed by atoms with Crippen LogP contribution in [0.15, 0.2) is 30.5 Å². The van der Waals surface area contributed by atoms with Crippen LogP contribution in [0.1, 0.15) is 54.2 Å². The number of Topliss-reactive ketones (excluding diaryl/α,β-unsaturated/α-hetero) is 1. The van der Waals surface area contributed by atoms with Crippen molar-refractivity contribution >= 4 is 17.5 Å². The Hall–Kier alpha value is -2.43. The Morgan fingerprint density at radius 1 is 1.13 bits per heavy atom. The van der Waals surface area contributed by atoms with E-state index < -0.39 is 0 Å². The van der Waals surface area contributed by atoms with Gasteiger partial charge in [0, 0.05) is 30.5 Å². The first-order valence-electron chi connectivity index (χ1n) is 7.82. The molecule has 0 aliphatic rings. The molecule has 0 saturated heterocycles. The predicted molar refractivity (Wildman–Crippen MR) is 90.7 cm³/mol. The highest BCUT2D eigenvalue weighted by atomic mass is 16.2. The number of amides is 1. The van der Waals surface area contributed by atoms with Gasteiger partial charge in [0.1, 0.15) is 5.82 Å². The zero-order valence-corrected chi connectivity index (χ0v) is 14.1. The van der Waals surface area contributed by atoms with Crippen molar-refractivity contribution in [3.63, 3.8) is 0 Å². The number of ketones is 1. The van der Waals surface area contributed by atoms with E-state index in [0.29, 0.717) is 11.4 Å². The molecule has 0 unspecified atom stereocenters. The molecule has 0 aliphatic heterocycles. The number of nitrogens with one attached hydrogen (secondary N) is 1. The Balaban J connectivity index is 1.92. The maximum absolute atomic E-state index is 12.2. The van der Waals surface area contributed by atoms with E-state index in [1.807, 2.05) is 45.9 Å². The average Bonchev–Trinajstić information content (AvgIpc) is 2.96. The number of carbonyl (C=O) groups excluding carboxylic acids is 2. The third-order valence-corrected chi connectivity index (χ3v) is 3.83. The largest absolute Gasteiger partial charge is 0.311 e. The molecule has 2 rings (SSSR count). The number of hydrogen-bond donors (Lipinski definition) is 1. The van der Waals surface area contributed by atoms with E-state index in [2.05, 4.69) is 10.4 Å². The fourth-order valence-electron chi connectivity index (χ4n) is 2.32. The van der Waals surface area contributed by atoms with Crippen molar-refractivity contribution in [3.05, 3.63) is 47.2 Å². The monoisotopic (exact) mass is 313 g/mol. The van der Waals surface area contributed by atoms with Crippen LogP contribution in [0, 0.1) is 13.8 Å². The molecular weight excluding hydrogens is 290 g/mol. The fourth-order valence-corrected chi connectivity index (χ4v) is 2.32. The normalized spacial score (nSPS) is 10.8. The Morgan fingerprint density at radius 3 is 2.52 bits per heavy atom. The van der Waals surface area contributed by atoms with Gasteiger partial charge in [-0.1, -0.05) is 12.1 Å². The van der Waals surface area contributed by atoms with Crippen molar-refractivity contribution in [1.29, 1.82) is 0 Å². The molecule has 1 aromatic heterocycles. The highest BCUT2D eigenvalue weighted by Crippen LogP contribution is 2.15. The van der Waals surface area contributed by atoms with Crippen molar-refractivity contribution in [1.82, 2.24) is 9.78 Å². The average molecular weight is 313 g/mol. The molecule has 1 heterocycles. The Bertz CT molecular complexity index is 717. The minimum atomic E-state index is -0.176. The third-order valence-electron chi connectivity index (χ3n) is 3.83. The molecule has 0 saturated carbocycles. The summed E-state index contributed by atoms with van der Waals surface area (Å²) in [6.07, 6.45) is 2.01. The molecule has 0 atom stereocenters. The molecule has 23 heavy (non-hydrogen) atoms. The second kappa shape index (κ2) is 7.22. The van der Waals surface area contributed by atoms with Crippen LogP contribution in [-0.4, -0.2) is 21.5 Å². The van der Waals surface area contributed by atoms with Crippen LogP contribution in [0.2, 0.25) is 0 Å². The first-order chi connectivity index (χ1) is 10.9. The number of hydrogen-bond acceptors (Lipinski definition) is 3. The summed E-state index contributed by atoms with van der Waals surface area (Å²) in [7, 11) is 0. The summed E-state index contributed by atoms with van der Waals surface area (Å²) in [4.78, 5) is 24.2. The van der Waals surface area contributed by atoms with Crippen LogP contribution in [0.4, 0.5) is 5.82 Å². The van der Waals surface area contributed by atoms with Gasteiger partial charge in [0.25, 0.3) is 0 Å². The number of rotatable bonds is 6. The van der Waals surface area contributed by atoms with E-state index in [4.69, 9.17) is 0 Å². The molecule has 0 bridgehead atoms. The first-order valence-corrected chi connectivity index (χ1v) is 7.82. The molecule has 0 aliphatic carbocycles. The number of aryl methyl sites for hydroxylation is 2. The highest BCUT2D eigenvalue weighted by molar-refractivity contribution is 6.00. The summed E-state index contributed by atoms with van der Waals surface area (Å²) in [5.74, 6) is 0.467. The zero-order chi connectivity index (χ0) is 17.0. The number of benzene rings is 1. The minimum absolute atomic E-state index is 0.0133. The van der Waals surface area contributed by atoms with Gasteiger partial charge in [-0.2, -0.15) is 5.10 Å². The van der Waals surface area contributed by atoms with Gasteiger partial charge in [0.15, 0.2) is 5.78 Å². The Labute approximate surface area is 136 Å². The molecule has 1 N–H and O–H groups in total. The highest BCUT2D eigenvalue weighted by Gasteiger charge is 2.12. The molecule has 122 valence electrons. The van der Waals surface area contributed by atoms with Crippen LogP contribution in [0.5, 0.6) is 0 Å². The van der Waals surface area contributed by atoms with Crippen molar-refractivity contribution in [2.45, 2.75) is 46.6 Å². The van der Waals surface area contributed by atoms with Crippen LogP contribution < -0.4 is 5.32 Å². The van der Waals surface area contributed by atoms with Gasteiger partial charge in [-0.05, 0) is 44.9 Å². The van der Waals surface area contributed by atoms with Crippen molar-refractivity contribution < 1.29 is 9.59 Å². The third kappa shape index (κ3) is 4.28.